The monoisotopic (exact) mass is 409 g/mol. The van der Waals surface area contributed by atoms with Gasteiger partial charge in [-0.05, 0) is 48.2 Å². The standard InChI is InChI=1S/C22H15N7S/c1-12-6-8-23-11-13(12)14-4-5-16-19(25-14)21(29-28-16)22-26-15-7-9-24-20(18(15)27-22)17-3-2-10-30-17/h2-11H,1H3,(H,26,27)(H,28,29). The Morgan fingerprint density at radius 1 is 0.900 bits per heavy atom. The first-order chi connectivity index (χ1) is 14.8. The molecule has 0 saturated heterocycles. The number of rotatable bonds is 3. The highest BCUT2D eigenvalue weighted by Crippen LogP contribution is 2.32. The fourth-order valence-electron chi connectivity index (χ4n) is 3.59. The summed E-state index contributed by atoms with van der Waals surface area (Å²) in [5, 5.41) is 9.60. The van der Waals surface area contributed by atoms with Crippen LogP contribution >= 0.6 is 11.3 Å². The molecule has 0 aliphatic carbocycles. The van der Waals surface area contributed by atoms with Crippen molar-refractivity contribution in [3.63, 3.8) is 0 Å². The lowest BCUT2D eigenvalue weighted by atomic mass is 10.1. The van der Waals surface area contributed by atoms with E-state index < -0.39 is 0 Å². The van der Waals surface area contributed by atoms with E-state index in [-0.39, 0.29) is 0 Å². The summed E-state index contributed by atoms with van der Waals surface area (Å²) in [6, 6.07) is 11.9. The maximum Gasteiger partial charge on any atom is 0.161 e. The predicted octanol–water partition coefficient (Wildman–Crippen LogP) is 5.00. The van der Waals surface area contributed by atoms with Gasteiger partial charge in [-0.2, -0.15) is 5.10 Å². The van der Waals surface area contributed by atoms with Crippen molar-refractivity contribution >= 4 is 33.4 Å². The first-order valence-corrected chi connectivity index (χ1v) is 10.3. The molecular formula is C22H15N7S. The number of nitrogens with one attached hydrogen (secondary N) is 2. The van der Waals surface area contributed by atoms with Gasteiger partial charge in [-0.1, -0.05) is 6.07 Å². The van der Waals surface area contributed by atoms with Crippen LogP contribution < -0.4 is 0 Å². The molecule has 0 aliphatic heterocycles. The van der Waals surface area contributed by atoms with Crippen molar-refractivity contribution in [2.45, 2.75) is 6.92 Å². The number of aryl methyl sites for hydroxylation is 1. The number of thiophene rings is 1. The molecule has 0 aromatic carbocycles. The Hall–Kier alpha value is -3.91. The average Bonchev–Trinajstić information content (AvgIpc) is 3.51. The molecular weight excluding hydrogens is 394 g/mol. The third kappa shape index (κ3) is 2.61. The Bertz CT molecular complexity index is 1510. The molecule has 30 heavy (non-hydrogen) atoms. The minimum Gasteiger partial charge on any atom is -0.336 e. The molecule has 2 N–H and O–H groups in total. The second-order valence-electron chi connectivity index (χ2n) is 6.97. The first-order valence-electron chi connectivity index (χ1n) is 9.43. The van der Waals surface area contributed by atoms with E-state index in [9.17, 15) is 0 Å². The zero-order valence-corrected chi connectivity index (χ0v) is 16.7. The van der Waals surface area contributed by atoms with Gasteiger partial charge in [0.25, 0.3) is 0 Å². The molecule has 6 aromatic heterocycles. The minimum absolute atomic E-state index is 0.662. The quantitative estimate of drug-likeness (QED) is 0.429. The van der Waals surface area contributed by atoms with Crippen LogP contribution in [0.5, 0.6) is 0 Å². The second-order valence-corrected chi connectivity index (χ2v) is 7.92. The van der Waals surface area contributed by atoms with Gasteiger partial charge in [0.2, 0.25) is 0 Å². The smallest absolute Gasteiger partial charge is 0.161 e. The van der Waals surface area contributed by atoms with Crippen molar-refractivity contribution in [2.24, 2.45) is 0 Å². The fourth-order valence-corrected chi connectivity index (χ4v) is 4.31. The van der Waals surface area contributed by atoms with E-state index in [1.807, 2.05) is 41.9 Å². The normalized spacial score (nSPS) is 11.5. The molecule has 7 nitrogen and oxygen atoms in total. The van der Waals surface area contributed by atoms with Gasteiger partial charge in [0.1, 0.15) is 16.7 Å². The summed E-state index contributed by atoms with van der Waals surface area (Å²) in [7, 11) is 0. The van der Waals surface area contributed by atoms with E-state index in [4.69, 9.17) is 9.97 Å². The molecule has 0 spiro atoms. The molecule has 0 bridgehead atoms. The highest BCUT2D eigenvalue weighted by molar-refractivity contribution is 7.13. The van der Waals surface area contributed by atoms with Crippen molar-refractivity contribution in [1.29, 1.82) is 0 Å². The van der Waals surface area contributed by atoms with Crippen molar-refractivity contribution in [2.75, 3.05) is 0 Å². The number of aromatic amines is 2. The maximum atomic E-state index is 4.88. The van der Waals surface area contributed by atoms with Crippen molar-refractivity contribution in [3.05, 3.63) is 65.9 Å². The maximum absolute atomic E-state index is 4.88. The van der Waals surface area contributed by atoms with E-state index in [1.54, 1.807) is 23.7 Å². The fraction of sp³-hybridized carbons (Fsp3) is 0.0455. The molecule has 144 valence electrons. The molecule has 0 fully saturated rings. The van der Waals surface area contributed by atoms with Gasteiger partial charge in [-0.3, -0.25) is 15.1 Å². The zero-order valence-electron chi connectivity index (χ0n) is 15.9. The highest BCUT2D eigenvalue weighted by Gasteiger charge is 2.17. The van der Waals surface area contributed by atoms with E-state index >= 15 is 0 Å². The molecule has 0 radical (unpaired) electrons. The Labute approximate surface area is 174 Å². The summed E-state index contributed by atoms with van der Waals surface area (Å²) in [6.45, 7) is 2.05. The van der Waals surface area contributed by atoms with Gasteiger partial charge in [-0.15, -0.1) is 11.3 Å². The van der Waals surface area contributed by atoms with Crippen molar-refractivity contribution in [1.82, 2.24) is 35.1 Å². The largest absolute Gasteiger partial charge is 0.336 e. The summed E-state index contributed by atoms with van der Waals surface area (Å²) >= 11 is 1.64. The van der Waals surface area contributed by atoms with Crippen molar-refractivity contribution in [3.8, 4) is 33.3 Å². The van der Waals surface area contributed by atoms with Crippen LogP contribution in [0, 0.1) is 6.92 Å². The van der Waals surface area contributed by atoms with Crippen molar-refractivity contribution < 1.29 is 0 Å². The molecule has 6 aromatic rings. The predicted molar refractivity (Wildman–Crippen MR) is 118 cm³/mol. The van der Waals surface area contributed by atoms with Crippen LogP contribution in [-0.2, 0) is 0 Å². The number of H-pyrrole nitrogens is 2. The lowest BCUT2D eigenvalue weighted by Crippen LogP contribution is -1.90. The van der Waals surface area contributed by atoms with E-state index in [2.05, 4.69) is 38.1 Å². The molecule has 0 unspecified atom stereocenters. The Kier molecular flexibility index (Phi) is 3.72. The first kappa shape index (κ1) is 17.0. The molecule has 0 aliphatic rings. The van der Waals surface area contributed by atoms with Gasteiger partial charge >= 0.3 is 0 Å². The second kappa shape index (κ2) is 6.57. The zero-order chi connectivity index (χ0) is 20.1. The molecule has 0 amide bonds. The van der Waals surface area contributed by atoms with E-state index in [1.165, 1.54) is 0 Å². The van der Waals surface area contributed by atoms with E-state index in [0.717, 1.165) is 49.5 Å². The summed E-state index contributed by atoms with van der Waals surface area (Å²) in [5.74, 6) is 0.662. The van der Waals surface area contributed by atoms with Gasteiger partial charge in [0.15, 0.2) is 11.5 Å². The lowest BCUT2D eigenvalue weighted by Gasteiger charge is -2.04. The third-order valence-electron chi connectivity index (χ3n) is 5.10. The molecule has 6 heterocycles. The summed E-state index contributed by atoms with van der Waals surface area (Å²) in [6.07, 6.45) is 5.42. The molecule has 6 rings (SSSR count). The minimum atomic E-state index is 0.662. The average molecular weight is 409 g/mol. The topological polar surface area (TPSA) is 96.0 Å². The summed E-state index contributed by atoms with van der Waals surface area (Å²) in [5.41, 5.74) is 7.88. The van der Waals surface area contributed by atoms with E-state index in [0.29, 0.717) is 11.5 Å². The van der Waals surface area contributed by atoms with Gasteiger partial charge in [0, 0.05) is 24.2 Å². The Morgan fingerprint density at radius 2 is 1.83 bits per heavy atom. The number of hydrogen-bond acceptors (Lipinski definition) is 6. The SMILES string of the molecule is Cc1ccncc1-c1ccc2[nH]nc(-c3nc4c(-c5cccs5)nccc4[nH]3)c2n1. The number of imidazole rings is 1. The van der Waals surface area contributed by atoms with Crippen LogP contribution in [0.25, 0.3) is 55.4 Å². The molecule has 8 heteroatoms. The summed E-state index contributed by atoms with van der Waals surface area (Å²) in [4.78, 5) is 23.0. The van der Waals surface area contributed by atoms with Crippen LogP contribution in [0.4, 0.5) is 0 Å². The van der Waals surface area contributed by atoms with Gasteiger partial charge in [-0.25, -0.2) is 9.97 Å². The lowest BCUT2D eigenvalue weighted by molar-refractivity contribution is 1.10. The van der Waals surface area contributed by atoms with Gasteiger partial charge in [0.05, 0.1) is 21.6 Å². The number of aromatic nitrogens is 7. The van der Waals surface area contributed by atoms with Crippen LogP contribution in [0.3, 0.4) is 0 Å². The number of fused-ring (bicyclic) bond motifs is 2. The highest BCUT2D eigenvalue weighted by atomic mass is 32.1. The Morgan fingerprint density at radius 3 is 2.70 bits per heavy atom. The molecule has 0 saturated carbocycles. The van der Waals surface area contributed by atoms with Crippen LogP contribution in [0.15, 0.2) is 60.4 Å². The number of pyridine rings is 3. The number of nitrogens with zero attached hydrogens (tertiary/aromatic N) is 5. The van der Waals surface area contributed by atoms with Crippen LogP contribution in [0.2, 0.25) is 0 Å². The summed E-state index contributed by atoms with van der Waals surface area (Å²) < 4.78 is 0. The van der Waals surface area contributed by atoms with Crippen LogP contribution in [0.1, 0.15) is 5.56 Å². The van der Waals surface area contributed by atoms with Crippen LogP contribution in [-0.4, -0.2) is 35.1 Å². The van der Waals surface area contributed by atoms with Gasteiger partial charge < -0.3 is 4.98 Å². The number of hydrogen-bond donors (Lipinski definition) is 2. The third-order valence-corrected chi connectivity index (χ3v) is 5.98. The molecule has 0 atom stereocenters. The Balaban J connectivity index is 1.53.